The van der Waals surface area contributed by atoms with Gasteiger partial charge in [-0.25, -0.2) is 0 Å². The van der Waals surface area contributed by atoms with Crippen molar-refractivity contribution >= 4 is 0 Å². The zero-order valence-electron chi connectivity index (χ0n) is 9.10. The molecule has 0 radical (unpaired) electrons. The van der Waals surface area contributed by atoms with E-state index < -0.39 is 0 Å². The van der Waals surface area contributed by atoms with E-state index in [4.69, 9.17) is 10.2 Å². The lowest BCUT2D eigenvalue weighted by molar-refractivity contribution is 0.374. The molecule has 16 heavy (non-hydrogen) atoms. The summed E-state index contributed by atoms with van der Waals surface area (Å²) >= 11 is 0. The molecule has 0 bridgehead atoms. The normalized spacial score (nSPS) is 17.3. The fourth-order valence-electron chi connectivity index (χ4n) is 2.56. The fraction of sp³-hybridized carbons (Fsp3) is 0.286. The Morgan fingerprint density at radius 3 is 2.31 bits per heavy atom. The highest BCUT2D eigenvalue weighted by molar-refractivity contribution is 5.33. The highest BCUT2D eigenvalue weighted by Crippen LogP contribution is 2.33. The van der Waals surface area contributed by atoms with Crippen molar-refractivity contribution in [1.82, 2.24) is 0 Å². The van der Waals surface area contributed by atoms with Crippen LogP contribution in [-0.2, 0) is 12.8 Å². The Morgan fingerprint density at radius 2 is 1.75 bits per heavy atom. The second-order valence-electron chi connectivity index (χ2n) is 4.48. The van der Waals surface area contributed by atoms with Crippen molar-refractivity contribution in [2.24, 2.45) is 11.7 Å². The van der Waals surface area contributed by atoms with Gasteiger partial charge in [0.1, 0.15) is 5.76 Å². The zero-order valence-corrected chi connectivity index (χ0v) is 9.10. The standard InChI is InChI=1S/C14H15NO/c15-14(13-6-3-7-16-13)12-8-10-4-1-2-5-11(10)9-12/h1-7,12,14H,8-9,15H2. The first-order valence-electron chi connectivity index (χ1n) is 5.70. The number of nitrogens with two attached hydrogens (primary N) is 1. The maximum atomic E-state index is 6.23. The van der Waals surface area contributed by atoms with Crippen molar-refractivity contribution < 1.29 is 4.42 Å². The summed E-state index contributed by atoms with van der Waals surface area (Å²) in [6, 6.07) is 12.5. The largest absolute Gasteiger partial charge is 0.468 e. The third-order valence-corrected chi connectivity index (χ3v) is 3.46. The van der Waals surface area contributed by atoms with E-state index in [0.29, 0.717) is 5.92 Å². The van der Waals surface area contributed by atoms with E-state index >= 15 is 0 Å². The number of benzene rings is 1. The first-order valence-corrected chi connectivity index (χ1v) is 5.70. The molecule has 0 saturated heterocycles. The summed E-state index contributed by atoms with van der Waals surface area (Å²) in [6.07, 6.45) is 3.83. The van der Waals surface area contributed by atoms with Crippen LogP contribution in [0.15, 0.2) is 47.1 Å². The van der Waals surface area contributed by atoms with E-state index in [-0.39, 0.29) is 6.04 Å². The molecule has 0 saturated carbocycles. The second kappa shape index (κ2) is 3.80. The van der Waals surface area contributed by atoms with Crippen LogP contribution < -0.4 is 5.73 Å². The molecule has 2 aromatic rings. The predicted molar refractivity (Wildman–Crippen MR) is 63.0 cm³/mol. The fourth-order valence-corrected chi connectivity index (χ4v) is 2.56. The lowest BCUT2D eigenvalue weighted by atomic mass is 9.95. The van der Waals surface area contributed by atoms with Gasteiger partial charge in [-0.15, -0.1) is 0 Å². The molecule has 0 aliphatic heterocycles. The summed E-state index contributed by atoms with van der Waals surface area (Å²) in [5, 5.41) is 0. The molecule has 0 amide bonds. The third-order valence-electron chi connectivity index (χ3n) is 3.46. The van der Waals surface area contributed by atoms with Crippen LogP contribution in [-0.4, -0.2) is 0 Å². The molecule has 3 rings (SSSR count). The first-order chi connectivity index (χ1) is 7.84. The smallest absolute Gasteiger partial charge is 0.120 e. The third kappa shape index (κ3) is 1.55. The first kappa shape index (κ1) is 9.67. The molecule has 2 nitrogen and oxygen atoms in total. The number of rotatable bonds is 2. The Kier molecular flexibility index (Phi) is 2.29. The molecular weight excluding hydrogens is 198 g/mol. The molecule has 1 aliphatic carbocycles. The van der Waals surface area contributed by atoms with Crippen LogP contribution in [0.5, 0.6) is 0 Å². The molecule has 1 atom stereocenters. The number of fused-ring (bicyclic) bond motifs is 1. The van der Waals surface area contributed by atoms with Crippen molar-refractivity contribution in [1.29, 1.82) is 0 Å². The minimum Gasteiger partial charge on any atom is -0.468 e. The summed E-state index contributed by atoms with van der Waals surface area (Å²) in [5.74, 6) is 1.38. The maximum Gasteiger partial charge on any atom is 0.120 e. The maximum absolute atomic E-state index is 6.23. The minimum absolute atomic E-state index is 0.0161. The molecule has 1 unspecified atom stereocenters. The van der Waals surface area contributed by atoms with Gasteiger partial charge in [0, 0.05) is 0 Å². The van der Waals surface area contributed by atoms with E-state index in [1.165, 1.54) is 11.1 Å². The van der Waals surface area contributed by atoms with Gasteiger partial charge in [0.05, 0.1) is 12.3 Å². The Labute approximate surface area is 95.1 Å². The minimum atomic E-state index is 0.0161. The highest BCUT2D eigenvalue weighted by Gasteiger charge is 2.28. The molecule has 1 aromatic carbocycles. The monoisotopic (exact) mass is 213 g/mol. The summed E-state index contributed by atoms with van der Waals surface area (Å²) in [7, 11) is 0. The lowest BCUT2D eigenvalue weighted by Gasteiger charge is -2.16. The van der Waals surface area contributed by atoms with Gasteiger partial charge in [-0.3, -0.25) is 0 Å². The van der Waals surface area contributed by atoms with Crippen LogP contribution in [0.1, 0.15) is 22.9 Å². The number of hydrogen-bond acceptors (Lipinski definition) is 2. The van der Waals surface area contributed by atoms with E-state index in [0.717, 1.165) is 18.6 Å². The lowest BCUT2D eigenvalue weighted by Crippen LogP contribution is -2.21. The van der Waals surface area contributed by atoms with Gasteiger partial charge in [-0.05, 0) is 42.0 Å². The Hall–Kier alpha value is -1.54. The van der Waals surface area contributed by atoms with Crippen LogP contribution >= 0.6 is 0 Å². The van der Waals surface area contributed by atoms with E-state index in [1.54, 1.807) is 6.26 Å². The van der Waals surface area contributed by atoms with Crippen LogP contribution in [0.4, 0.5) is 0 Å². The van der Waals surface area contributed by atoms with E-state index in [9.17, 15) is 0 Å². The van der Waals surface area contributed by atoms with Crippen molar-refractivity contribution in [3.8, 4) is 0 Å². The molecule has 2 N–H and O–H groups in total. The van der Waals surface area contributed by atoms with Crippen molar-refractivity contribution in [3.05, 3.63) is 59.5 Å². The quantitative estimate of drug-likeness (QED) is 0.833. The van der Waals surface area contributed by atoms with Crippen molar-refractivity contribution in [3.63, 3.8) is 0 Å². The highest BCUT2D eigenvalue weighted by atomic mass is 16.3. The Balaban J connectivity index is 1.81. The molecule has 82 valence electrons. The molecule has 0 fully saturated rings. The van der Waals surface area contributed by atoms with Crippen molar-refractivity contribution in [2.75, 3.05) is 0 Å². The van der Waals surface area contributed by atoms with Crippen molar-refractivity contribution in [2.45, 2.75) is 18.9 Å². The molecule has 2 heteroatoms. The average Bonchev–Trinajstić information content (AvgIpc) is 2.97. The summed E-state index contributed by atoms with van der Waals surface area (Å²) < 4.78 is 5.38. The second-order valence-corrected chi connectivity index (χ2v) is 4.48. The van der Waals surface area contributed by atoms with Gasteiger partial charge in [-0.2, -0.15) is 0 Å². The van der Waals surface area contributed by atoms with Gasteiger partial charge >= 0.3 is 0 Å². The molecular formula is C14H15NO. The molecule has 1 aromatic heterocycles. The van der Waals surface area contributed by atoms with Gasteiger partial charge < -0.3 is 10.2 Å². The SMILES string of the molecule is NC(c1ccco1)C1Cc2ccccc2C1. The Morgan fingerprint density at radius 1 is 1.06 bits per heavy atom. The van der Waals surface area contributed by atoms with Crippen LogP contribution in [0.2, 0.25) is 0 Å². The topological polar surface area (TPSA) is 39.2 Å². The number of furan rings is 1. The van der Waals surface area contributed by atoms with E-state index in [2.05, 4.69) is 24.3 Å². The summed E-state index contributed by atoms with van der Waals surface area (Å²) in [6.45, 7) is 0. The summed E-state index contributed by atoms with van der Waals surface area (Å²) in [4.78, 5) is 0. The zero-order chi connectivity index (χ0) is 11.0. The van der Waals surface area contributed by atoms with Crippen LogP contribution in [0, 0.1) is 5.92 Å². The predicted octanol–water partition coefficient (Wildman–Crippen LogP) is 2.69. The van der Waals surface area contributed by atoms with Gasteiger partial charge in [-0.1, -0.05) is 24.3 Å². The Bertz CT molecular complexity index is 450. The summed E-state index contributed by atoms with van der Waals surface area (Å²) in [5.41, 5.74) is 9.11. The average molecular weight is 213 g/mol. The number of hydrogen-bond donors (Lipinski definition) is 1. The van der Waals surface area contributed by atoms with Gasteiger partial charge in [0.15, 0.2) is 0 Å². The van der Waals surface area contributed by atoms with Gasteiger partial charge in [0.2, 0.25) is 0 Å². The molecule has 1 aliphatic rings. The van der Waals surface area contributed by atoms with Crippen LogP contribution in [0.25, 0.3) is 0 Å². The van der Waals surface area contributed by atoms with Crippen LogP contribution in [0.3, 0.4) is 0 Å². The van der Waals surface area contributed by atoms with E-state index in [1.807, 2.05) is 12.1 Å². The van der Waals surface area contributed by atoms with Gasteiger partial charge in [0.25, 0.3) is 0 Å². The molecule has 1 heterocycles. The molecule has 0 spiro atoms.